The lowest BCUT2D eigenvalue weighted by atomic mass is 10.0. The van der Waals surface area contributed by atoms with Crippen molar-refractivity contribution in [3.63, 3.8) is 0 Å². The fourth-order valence-electron chi connectivity index (χ4n) is 2.04. The molecule has 2 heteroatoms. The van der Waals surface area contributed by atoms with Crippen LogP contribution >= 0.6 is 0 Å². The zero-order chi connectivity index (χ0) is 10.7. The van der Waals surface area contributed by atoms with Gasteiger partial charge in [0.05, 0.1) is 0 Å². The van der Waals surface area contributed by atoms with E-state index < -0.39 is 0 Å². The highest BCUT2D eigenvalue weighted by molar-refractivity contribution is 6.08. The normalized spacial score (nSPS) is 11.0. The van der Waals surface area contributed by atoms with Crippen LogP contribution in [0.5, 0.6) is 0 Å². The first-order valence-corrected chi connectivity index (χ1v) is 7.09. The lowest BCUT2D eigenvalue weighted by molar-refractivity contribution is -0.670. The molecule has 2 rings (SSSR count). The van der Waals surface area contributed by atoms with Crippen molar-refractivity contribution in [2.45, 2.75) is 18.9 Å². The quantitative estimate of drug-likeness (QED) is 0.539. The van der Waals surface area contributed by atoms with Gasteiger partial charge in [-0.2, -0.15) is 0 Å². The van der Waals surface area contributed by atoms with E-state index in [4.69, 9.17) is 0 Å². The molecule has 0 spiro atoms. The van der Waals surface area contributed by atoms with E-state index in [0.29, 0.717) is 0 Å². The van der Waals surface area contributed by atoms with Gasteiger partial charge >= 0.3 is 0 Å². The molecule has 0 aliphatic carbocycles. The summed E-state index contributed by atoms with van der Waals surface area (Å²) in [5, 5.41) is 2.77. The maximum Gasteiger partial charge on any atom is 0.176 e. The molecule has 1 aromatic heterocycles. The van der Waals surface area contributed by atoms with E-state index in [1.807, 2.05) is 0 Å². The molecule has 0 amide bonds. The van der Waals surface area contributed by atoms with Gasteiger partial charge in [0.25, 0.3) is 0 Å². The number of hydrogen-bond donors (Lipinski definition) is 0. The largest absolute Gasteiger partial charge is 0.207 e. The highest BCUT2D eigenvalue weighted by Gasteiger charge is 2.06. The van der Waals surface area contributed by atoms with Gasteiger partial charge in [-0.05, 0) is 17.9 Å². The van der Waals surface area contributed by atoms with Gasteiger partial charge in [0.1, 0.15) is 7.05 Å². The summed E-state index contributed by atoms with van der Waals surface area (Å²) in [6.45, 7) is 0. The molecule has 1 heterocycles. The Bertz CT molecular complexity index is 465. The Morgan fingerprint density at radius 2 is 2.00 bits per heavy atom. The smallest absolute Gasteiger partial charge is 0.176 e. The number of pyridine rings is 1. The number of nitrogens with zero attached hydrogens (tertiary/aromatic N) is 1. The number of fused-ring (bicyclic) bond motifs is 1. The summed E-state index contributed by atoms with van der Waals surface area (Å²) in [4.78, 5) is 0. The minimum atomic E-state index is 1.22. The van der Waals surface area contributed by atoms with Crippen LogP contribution in [0.1, 0.15) is 12.0 Å². The molecule has 0 saturated heterocycles. The van der Waals surface area contributed by atoms with E-state index in [1.54, 1.807) is 0 Å². The third-order valence-electron chi connectivity index (χ3n) is 2.81. The van der Waals surface area contributed by atoms with Crippen LogP contribution in [0.2, 0.25) is 6.04 Å². The van der Waals surface area contributed by atoms with Crippen molar-refractivity contribution in [3.8, 4) is 0 Å². The summed E-state index contributed by atoms with van der Waals surface area (Å²) in [5.41, 5.74) is 1.49. The average Bonchev–Trinajstić information content (AvgIpc) is 2.25. The summed E-state index contributed by atoms with van der Waals surface area (Å²) < 4.78 is 2.17. The Morgan fingerprint density at radius 3 is 2.80 bits per heavy atom. The van der Waals surface area contributed by atoms with Gasteiger partial charge in [0.2, 0.25) is 0 Å². The molecule has 0 N–H and O–H groups in total. The van der Waals surface area contributed by atoms with Crippen LogP contribution in [0, 0.1) is 0 Å². The second kappa shape index (κ2) is 4.58. The fraction of sp³-hybridized carbons (Fsp3) is 0.308. The maximum absolute atomic E-state index is 2.26. The number of rotatable bonds is 3. The monoisotopic (exact) mass is 216 g/mol. The molecule has 0 saturated carbocycles. The maximum atomic E-state index is 2.26. The molecular formula is C13H18NSi+. The Labute approximate surface area is 94.2 Å². The number of aryl methyl sites for hydroxylation is 2. The molecule has 0 aliphatic rings. The lowest BCUT2D eigenvalue weighted by Crippen LogP contribution is -2.27. The summed E-state index contributed by atoms with van der Waals surface area (Å²) in [6.07, 6.45) is 7.01. The number of benzene rings is 1. The van der Waals surface area contributed by atoms with E-state index in [2.05, 4.69) is 48.3 Å². The number of aromatic nitrogens is 1. The van der Waals surface area contributed by atoms with Crippen LogP contribution in [0.25, 0.3) is 10.8 Å². The van der Waals surface area contributed by atoms with E-state index in [-0.39, 0.29) is 0 Å². The molecule has 1 nitrogen and oxygen atoms in total. The van der Waals surface area contributed by atoms with Gasteiger partial charge in [-0.3, -0.25) is 0 Å². The van der Waals surface area contributed by atoms with Crippen molar-refractivity contribution >= 4 is 21.0 Å². The van der Waals surface area contributed by atoms with Crippen molar-refractivity contribution in [1.82, 2.24) is 0 Å². The van der Waals surface area contributed by atoms with Gasteiger partial charge in [-0.1, -0.05) is 30.7 Å². The first-order chi connectivity index (χ1) is 7.31. The van der Waals surface area contributed by atoms with Gasteiger partial charge in [-0.25, -0.2) is 4.57 Å². The van der Waals surface area contributed by atoms with Gasteiger partial charge < -0.3 is 0 Å². The molecule has 0 fully saturated rings. The van der Waals surface area contributed by atoms with Crippen molar-refractivity contribution in [3.05, 3.63) is 42.2 Å². The van der Waals surface area contributed by atoms with E-state index >= 15 is 0 Å². The Morgan fingerprint density at radius 1 is 1.20 bits per heavy atom. The minimum Gasteiger partial charge on any atom is -0.207 e. The van der Waals surface area contributed by atoms with E-state index in [0.717, 1.165) is 0 Å². The predicted molar refractivity (Wildman–Crippen MR) is 68.2 cm³/mol. The Kier molecular flexibility index (Phi) is 3.16. The molecule has 0 aliphatic heterocycles. The molecule has 0 atom stereocenters. The van der Waals surface area contributed by atoms with Crippen LogP contribution in [-0.4, -0.2) is 10.2 Å². The van der Waals surface area contributed by atoms with Crippen molar-refractivity contribution in [1.29, 1.82) is 0 Å². The highest BCUT2D eigenvalue weighted by Crippen LogP contribution is 2.17. The molecule has 2 aromatic rings. The zero-order valence-electron chi connectivity index (χ0n) is 9.53. The Balaban J connectivity index is 2.50. The average molecular weight is 216 g/mol. The van der Waals surface area contributed by atoms with Gasteiger partial charge in [0.15, 0.2) is 12.4 Å². The summed E-state index contributed by atoms with van der Waals surface area (Å²) >= 11 is 0. The third kappa shape index (κ3) is 2.26. The molecule has 1 aromatic carbocycles. The van der Waals surface area contributed by atoms with Crippen molar-refractivity contribution < 1.29 is 4.57 Å². The summed E-state index contributed by atoms with van der Waals surface area (Å²) in [5.74, 6) is 0. The predicted octanol–water partition coefficient (Wildman–Crippen LogP) is 1.38. The lowest BCUT2D eigenvalue weighted by Gasteiger charge is -2.03. The molecule has 15 heavy (non-hydrogen) atoms. The van der Waals surface area contributed by atoms with Crippen LogP contribution in [0.4, 0.5) is 0 Å². The molecule has 0 radical (unpaired) electrons. The molecule has 78 valence electrons. The van der Waals surface area contributed by atoms with E-state index in [1.165, 1.54) is 45.5 Å². The summed E-state index contributed by atoms with van der Waals surface area (Å²) in [7, 11) is 3.43. The van der Waals surface area contributed by atoms with Crippen molar-refractivity contribution in [2.24, 2.45) is 7.05 Å². The molecular weight excluding hydrogens is 198 g/mol. The molecule has 0 unspecified atom stereocenters. The van der Waals surface area contributed by atoms with Gasteiger partial charge in [0, 0.05) is 21.2 Å². The van der Waals surface area contributed by atoms with Gasteiger partial charge in [-0.15, -0.1) is 0 Å². The topological polar surface area (TPSA) is 3.88 Å². The SMILES string of the molecule is C[n+]1cc(CCC[SiH3])c2ccccc2c1. The first kappa shape index (κ1) is 10.4. The molecule has 0 bridgehead atoms. The fourth-order valence-corrected chi connectivity index (χ4v) is 2.39. The zero-order valence-corrected chi connectivity index (χ0v) is 11.5. The number of hydrogen-bond acceptors (Lipinski definition) is 0. The van der Waals surface area contributed by atoms with Crippen LogP contribution in [0.15, 0.2) is 36.7 Å². The van der Waals surface area contributed by atoms with Crippen LogP contribution < -0.4 is 4.57 Å². The minimum absolute atomic E-state index is 1.22. The van der Waals surface area contributed by atoms with Crippen molar-refractivity contribution in [2.75, 3.05) is 0 Å². The Hall–Kier alpha value is -1.15. The highest BCUT2D eigenvalue weighted by atomic mass is 28.1. The second-order valence-electron chi connectivity index (χ2n) is 4.14. The first-order valence-electron chi connectivity index (χ1n) is 5.68. The summed E-state index contributed by atoms with van der Waals surface area (Å²) in [6, 6.07) is 10.1. The van der Waals surface area contributed by atoms with Crippen LogP contribution in [0.3, 0.4) is 0 Å². The van der Waals surface area contributed by atoms with E-state index in [9.17, 15) is 0 Å². The third-order valence-corrected chi connectivity index (χ3v) is 3.52. The second-order valence-corrected chi connectivity index (χ2v) is 5.14. The van der Waals surface area contributed by atoms with Crippen LogP contribution in [-0.2, 0) is 13.5 Å². The standard InChI is InChI=1S/C13H18NSi/c1-14-9-11-5-2-3-7-13(11)12(10-14)6-4-8-15/h2-3,5,7,9-10H,4,6,8H2,1,15H3/q+1.